The monoisotopic (exact) mass is 379 g/mol. The molecule has 2 aromatic rings. The molecule has 2 N–H and O–H groups in total. The van der Waals surface area contributed by atoms with E-state index in [0.717, 1.165) is 12.1 Å². The number of hydrogen-bond acceptors (Lipinski definition) is 4. The molecular formula is C19H19F2NO5. The van der Waals surface area contributed by atoms with Crippen LogP contribution in [0.4, 0.5) is 8.78 Å². The van der Waals surface area contributed by atoms with Gasteiger partial charge in [0.15, 0.2) is 0 Å². The lowest BCUT2D eigenvalue weighted by Crippen LogP contribution is -2.32. The molecule has 1 amide bonds. The normalized spacial score (nSPS) is 11.6. The van der Waals surface area contributed by atoms with Gasteiger partial charge in [-0.05, 0) is 24.3 Å². The van der Waals surface area contributed by atoms with Crippen molar-refractivity contribution in [3.05, 3.63) is 59.2 Å². The Morgan fingerprint density at radius 3 is 2.33 bits per heavy atom. The van der Waals surface area contributed by atoms with Crippen molar-refractivity contribution in [1.29, 1.82) is 0 Å². The Morgan fingerprint density at radius 1 is 1.11 bits per heavy atom. The van der Waals surface area contributed by atoms with Crippen LogP contribution in [0, 0.1) is 11.6 Å². The maximum absolute atomic E-state index is 13.7. The van der Waals surface area contributed by atoms with Crippen LogP contribution in [-0.2, 0) is 16.0 Å². The predicted octanol–water partition coefficient (Wildman–Crippen LogP) is 2.86. The fourth-order valence-electron chi connectivity index (χ4n) is 2.63. The summed E-state index contributed by atoms with van der Waals surface area (Å²) >= 11 is 0. The van der Waals surface area contributed by atoms with Crippen LogP contribution in [0.1, 0.15) is 23.6 Å². The second-order valence-electron chi connectivity index (χ2n) is 5.70. The Kier molecular flexibility index (Phi) is 6.70. The highest BCUT2D eigenvalue weighted by Crippen LogP contribution is 2.31. The maximum Gasteiger partial charge on any atom is 0.305 e. The van der Waals surface area contributed by atoms with E-state index in [9.17, 15) is 18.4 Å². The van der Waals surface area contributed by atoms with Crippen LogP contribution in [0.2, 0.25) is 0 Å². The van der Waals surface area contributed by atoms with Gasteiger partial charge >= 0.3 is 5.97 Å². The fourth-order valence-corrected chi connectivity index (χ4v) is 2.63. The van der Waals surface area contributed by atoms with Crippen LogP contribution in [0.5, 0.6) is 11.5 Å². The van der Waals surface area contributed by atoms with Crippen LogP contribution in [0.25, 0.3) is 0 Å². The van der Waals surface area contributed by atoms with Gasteiger partial charge in [-0.2, -0.15) is 0 Å². The highest BCUT2D eigenvalue weighted by Gasteiger charge is 2.23. The van der Waals surface area contributed by atoms with Crippen LogP contribution in [0.3, 0.4) is 0 Å². The van der Waals surface area contributed by atoms with Gasteiger partial charge in [-0.1, -0.05) is 6.07 Å². The van der Waals surface area contributed by atoms with Crippen molar-refractivity contribution in [2.24, 2.45) is 0 Å². The van der Waals surface area contributed by atoms with Crippen molar-refractivity contribution in [3.8, 4) is 11.5 Å². The lowest BCUT2D eigenvalue weighted by Gasteiger charge is -2.20. The third kappa shape index (κ3) is 5.16. The number of methoxy groups -OCH3 is 2. The van der Waals surface area contributed by atoms with Crippen LogP contribution in [-0.4, -0.2) is 31.2 Å². The molecule has 0 saturated heterocycles. The van der Waals surface area contributed by atoms with E-state index in [-0.39, 0.29) is 5.56 Å². The zero-order valence-corrected chi connectivity index (χ0v) is 14.8. The number of ether oxygens (including phenoxy) is 2. The number of hydrogen-bond donors (Lipinski definition) is 2. The number of carbonyl (C=O) groups is 2. The summed E-state index contributed by atoms with van der Waals surface area (Å²) in [5.74, 6) is -2.76. The van der Waals surface area contributed by atoms with E-state index < -0.39 is 42.4 Å². The minimum atomic E-state index is -1.16. The van der Waals surface area contributed by atoms with E-state index in [4.69, 9.17) is 14.6 Å². The van der Waals surface area contributed by atoms with Crippen molar-refractivity contribution < 1.29 is 33.0 Å². The first-order valence-electron chi connectivity index (χ1n) is 8.01. The molecule has 1 unspecified atom stereocenters. The zero-order chi connectivity index (χ0) is 20.0. The lowest BCUT2D eigenvalue weighted by atomic mass is 10.0. The molecule has 0 fully saturated rings. The Hall–Kier alpha value is -3.16. The molecule has 0 saturated carbocycles. The zero-order valence-electron chi connectivity index (χ0n) is 14.8. The number of carbonyl (C=O) groups excluding carboxylic acids is 1. The third-order valence-corrected chi connectivity index (χ3v) is 3.93. The highest BCUT2D eigenvalue weighted by atomic mass is 19.1. The predicted molar refractivity (Wildman–Crippen MR) is 92.7 cm³/mol. The molecule has 0 bridgehead atoms. The van der Waals surface area contributed by atoms with Gasteiger partial charge in [0.25, 0.3) is 0 Å². The van der Waals surface area contributed by atoms with E-state index in [1.165, 1.54) is 20.3 Å². The summed E-state index contributed by atoms with van der Waals surface area (Å²) in [6.07, 6.45) is -0.999. The van der Waals surface area contributed by atoms with Gasteiger partial charge < -0.3 is 19.9 Å². The molecule has 6 nitrogen and oxygen atoms in total. The van der Waals surface area contributed by atoms with E-state index >= 15 is 0 Å². The van der Waals surface area contributed by atoms with Crippen molar-refractivity contribution in [2.45, 2.75) is 18.9 Å². The topological polar surface area (TPSA) is 84.9 Å². The molecule has 144 valence electrons. The molecule has 2 aromatic carbocycles. The Morgan fingerprint density at radius 2 is 1.78 bits per heavy atom. The summed E-state index contributed by atoms with van der Waals surface area (Å²) < 4.78 is 37.8. The van der Waals surface area contributed by atoms with Gasteiger partial charge in [0.2, 0.25) is 5.91 Å². The van der Waals surface area contributed by atoms with Crippen LogP contribution >= 0.6 is 0 Å². The highest BCUT2D eigenvalue weighted by molar-refractivity contribution is 5.80. The lowest BCUT2D eigenvalue weighted by molar-refractivity contribution is -0.137. The fraction of sp³-hybridized carbons (Fsp3) is 0.263. The molecule has 0 aliphatic rings. The molecule has 1 atom stereocenters. The number of amides is 1. The van der Waals surface area contributed by atoms with Gasteiger partial charge in [-0.25, -0.2) is 8.78 Å². The van der Waals surface area contributed by atoms with Crippen LogP contribution in [0.15, 0.2) is 36.4 Å². The summed E-state index contributed by atoms with van der Waals surface area (Å²) in [6, 6.07) is 7.05. The number of rotatable bonds is 8. The number of halogens is 2. The average Bonchev–Trinajstić information content (AvgIpc) is 2.63. The van der Waals surface area contributed by atoms with E-state index in [2.05, 4.69) is 5.32 Å². The van der Waals surface area contributed by atoms with Gasteiger partial charge in [-0.3, -0.25) is 9.59 Å². The molecular weight excluding hydrogens is 360 g/mol. The molecule has 8 heteroatoms. The molecule has 0 heterocycles. The summed E-state index contributed by atoms with van der Waals surface area (Å²) in [6.45, 7) is 0. The number of carboxylic acid groups (broad SMARTS) is 1. The summed E-state index contributed by atoms with van der Waals surface area (Å²) in [7, 11) is 2.86. The number of benzene rings is 2. The Labute approximate surface area is 154 Å². The molecule has 0 aromatic heterocycles. The Balaban J connectivity index is 2.27. The largest absolute Gasteiger partial charge is 0.497 e. The van der Waals surface area contributed by atoms with Crippen molar-refractivity contribution in [3.63, 3.8) is 0 Å². The molecule has 0 spiro atoms. The summed E-state index contributed by atoms with van der Waals surface area (Å²) in [5, 5.41) is 11.7. The van der Waals surface area contributed by atoms with Crippen molar-refractivity contribution in [1.82, 2.24) is 5.32 Å². The number of nitrogens with one attached hydrogen (secondary N) is 1. The standard InChI is InChI=1S/C19H19F2NO5/c1-26-11-6-7-12(17(8-11)27-2)16(10-19(24)25)22-18(23)9-13-14(20)4-3-5-15(13)21/h3-8,16H,9-10H2,1-2H3,(H,22,23)(H,24,25). The second-order valence-corrected chi connectivity index (χ2v) is 5.70. The van der Waals surface area contributed by atoms with Gasteiger partial charge in [0, 0.05) is 17.2 Å². The number of aliphatic carboxylic acids is 1. The summed E-state index contributed by atoms with van der Waals surface area (Å²) in [4.78, 5) is 23.5. The average molecular weight is 379 g/mol. The first-order valence-corrected chi connectivity index (χ1v) is 8.01. The smallest absolute Gasteiger partial charge is 0.305 e. The molecule has 2 rings (SSSR count). The minimum absolute atomic E-state index is 0.318. The maximum atomic E-state index is 13.7. The number of carboxylic acids is 1. The molecule has 0 radical (unpaired) electrons. The third-order valence-electron chi connectivity index (χ3n) is 3.93. The summed E-state index contributed by atoms with van der Waals surface area (Å²) in [5.41, 5.74) is 0.0221. The van der Waals surface area contributed by atoms with Crippen LogP contribution < -0.4 is 14.8 Å². The van der Waals surface area contributed by atoms with Gasteiger partial charge in [-0.15, -0.1) is 0 Å². The van der Waals surface area contributed by atoms with Crippen molar-refractivity contribution >= 4 is 11.9 Å². The molecule has 0 aliphatic carbocycles. The van der Waals surface area contributed by atoms with Crippen molar-refractivity contribution in [2.75, 3.05) is 14.2 Å². The Bertz CT molecular complexity index is 821. The van der Waals surface area contributed by atoms with E-state index in [0.29, 0.717) is 17.1 Å². The second kappa shape index (κ2) is 8.98. The van der Waals surface area contributed by atoms with Gasteiger partial charge in [0.05, 0.1) is 33.1 Å². The van der Waals surface area contributed by atoms with E-state index in [1.807, 2.05) is 0 Å². The first kappa shape index (κ1) is 20.2. The van der Waals surface area contributed by atoms with E-state index in [1.54, 1.807) is 18.2 Å². The SMILES string of the molecule is COc1ccc(C(CC(=O)O)NC(=O)Cc2c(F)cccc2F)c(OC)c1. The molecule has 0 aliphatic heterocycles. The minimum Gasteiger partial charge on any atom is -0.497 e. The molecule has 27 heavy (non-hydrogen) atoms. The quantitative estimate of drug-likeness (QED) is 0.737. The van der Waals surface area contributed by atoms with Gasteiger partial charge in [0.1, 0.15) is 23.1 Å². The first-order chi connectivity index (χ1) is 12.8.